The minimum atomic E-state index is -2.59. The number of nitrogens with one attached hydrogen (secondary N) is 1. The Kier molecular flexibility index (Phi) is 3.99. The molecule has 0 amide bonds. The van der Waals surface area contributed by atoms with E-state index in [0.717, 1.165) is 0 Å². The zero-order valence-electron chi connectivity index (χ0n) is 10.4. The second kappa shape index (κ2) is 5.52. The first-order valence-corrected chi connectivity index (χ1v) is 5.95. The van der Waals surface area contributed by atoms with Crippen molar-refractivity contribution < 1.29 is 23.4 Å². The molecule has 2 unspecified atom stereocenters. The molecule has 1 fully saturated rings. The van der Waals surface area contributed by atoms with E-state index in [2.05, 4.69) is 5.32 Å². The number of hydrogen-bond acceptors (Lipinski definition) is 3. The van der Waals surface area contributed by atoms with Gasteiger partial charge in [-0.1, -0.05) is 0 Å². The maximum Gasteiger partial charge on any atom is 0.307 e. The van der Waals surface area contributed by atoms with Crippen molar-refractivity contribution in [1.29, 1.82) is 0 Å². The van der Waals surface area contributed by atoms with E-state index in [-0.39, 0.29) is 11.6 Å². The molecule has 19 heavy (non-hydrogen) atoms. The summed E-state index contributed by atoms with van der Waals surface area (Å²) >= 11 is 0. The summed E-state index contributed by atoms with van der Waals surface area (Å²) in [6.45, 7) is 0.292. The maximum absolute atomic E-state index is 13.0. The zero-order chi connectivity index (χ0) is 14.0. The van der Waals surface area contributed by atoms with Crippen molar-refractivity contribution >= 4 is 5.97 Å². The second-order valence-electron chi connectivity index (χ2n) is 4.53. The summed E-state index contributed by atoms with van der Waals surface area (Å²) in [6.07, 6.45) is -2.28. The summed E-state index contributed by atoms with van der Waals surface area (Å²) in [5.41, 5.74) is 0.336. The molecule has 1 aromatic carbocycles. The van der Waals surface area contributed by atoms with Gasteiger partial charge < -0.3 is 15.2 Å². The third kappa shape index (κ3) is 2.84. The highest BCUT2D eigenvalue weighted by atomic mass is 19.3. The molecular formula is C13H15F2NO3. The summed E-state index contributed by atoms with van der Waals surface area (Å²) < 4.78 is 31.0. The number of aliphatic carboxylic acids is 1. The summed E-state index contributed by atoms with van der Waals surface area (Å²) in [6, 6.07) is 3.98. The van der Waals surface area contributed by atoms with Crippen molar-refractivity contribution in [2.45, 2.75) is 18.9 Å². The lowest BCUT2D eigenvalue weighted by molar-refractivity contribution is -0.141. The molecule has 6 heteroatoms. The SMILES string of the molecule is COc1ccc(C(F)F)c(C2CC(C(=O)O)CN2)c1. The largest absolute Gasteiger partial charge is 0.497 e. The Bertz CT molecular complexity index is 479. The molecule has 0 saturated carbocycles. The standard InChI is InChI=1S/C13H15F2NO3/c1-19-8-2-3-9(12(14)15)10(5-8)11-4-7(6-16-11)13(17)18/h2-3,5,7,11-12,16H,4,6H2,1H3,(H,17,18). The Morgan fingerprint density at radius 2 is 2.26 bits per heavy atom. The van der Waals surface area contributed by atoms with Crippen LogP contribution in [0.5, 0.6) is 5.75 Å². The van der Waals surface area contributed by atoms with Crippen LogP contribution in [0.4, 0.5) is 8.78 Å². The number of benzene rings is 1. The van der Waals surface area contributed by atoms with Gasteiger partial charge in [-0.3, -0.25) is 4.79 Å². The molecule has 4 nitrogen and oxygen atoms in total. The van der Waals surface area contributed by atoms with Crippen LogP contribution in [0.3, 0.4) is 0 Å². The molecule has 104 valence electrons. The van der Waals surface area contributed by atoms with Crippen molar-refractivity contribution in [2.24, 2.45) is 5.92 Å². The van der Waals surface area contributed by atoms with Crippen molar-refractivity contribution in [3.8, 4) is 5.75 Å². The van der Waals surface area contributed by atoms with Gasteiger partial charge in [-0.2, -0.15) is 0 Å². The molecule has 2 N–H and O–H groups in total. The first-order valence-electron chi connectivity index (χ1n) is 5.95. The summed E-state index contributed by atoms with van der Waals surface area (Å²) in [7, 11) is 1.46. The van der Waals surface area contributed by atoms with Crippen LogP contribution in [-0.4, -0.2) is 24.7 Å². The van der Waals surface area contributed by atoms with E-state index in [1.807, 2.05) is 0 Å². The van der Waals surface area contributed by atoms with Crippen molar-refractivity contribution in [3.05, 3.63) is 29.3 Å². The molecule has 2 rings (SSSR count). The Morgan fingerprint density at radius 3 is 2.79 bits per heavy atom. The Hall–Kier alpha value is -1.69. The van der Waals surface area contributed by atoms with Gasteiger partial charge in [0.25, 0.3) is 6.43 Å². The van der Waals surface area contributed by atoms with E-state index in [1.165, 1.54) is 19.2 Å². The highest BCUT2D eigenvalue weighted by molar-refractivity contribution is 5.70. The number of alkyl halides is 2. The van der Waals surface area contributed by atoms with Gasteiger partial charge in [-0.25, -0.2) is 8.78 Å². The lowest BCUT2D eigenvalue weighted by Gasteiger charge is -2.16. The summed E-state index contributed by atoms with van der Waals surface area (Å²) in [5.74, 6) is -0.960. The Balaban J connectivity index is 2.30. The number of ether oxygens (including phenoxy) is 1. The van der Waals surface area contributed by atoms with Crippen LogP contribution in [-0.2, 0) is 4.79 Å². The van der Waals surface area contributed by atoms with Crippen LogP contribution in [0.1, 0.15) is 30.0 Å². The molecule has 1 aliphatic rings. The third-order valence-corrected chi connectivity index (χ3v) is 3.38. The zero-order valence-corrected chi connectivity index (χ0v) is 10.4. The maximum atomic E-state index is 13.0. The van der Waals surface area contributed by atoms with E-state index in [0.29, 0.717) is 24.3 Å². The van der Waals surface area contributed by atoms with E-state index < -0.39 is 18.3 Å². The van der Waals surface area contributed by atoms with Gasteiger partial charge in [0.2, 0.25) is 0 Å². The van der Waals surface area contributed by atoms with Gasteiger partial charge in [0, 0.05) is 18.2 Å². The number of rotatable bonds is 4. The monoisotopic (exact) mass is 271 g/mol. The van der Waals surface area contributed by atoms with Crippen LogP contribution in [0, 0.1) is 5.92 Å². The first-order chi connectivity index (χ1) is 9.02. The van der Waals surface area contributed by atoms with E-state index in [9.17, 15) is 13.6 Å². The van der Waals surface area contributed by atoms with E-state index >= 15 is 0 Å². The molecule has 0 spiro atoms. The van der Waals surface area contributed by atoms with Crippen molar-refractivity contribution in [3.63, 3.8) is 0 Å². The van der Waals surface area contributed by atoms with Gasteiger partial charge in [0.05, 0.1) is 13.0 Å². The van der Waals surface area contributed by atoms with E-state index in [1.54, 1.807) is 6.07 Å². The molecule has 0 bridgehead atoms. The number of hydrogen-bond donors (Lipinski definition) is 2. The van der Waals surface area contributed by atoms with Crippen molar-refractivity contribution in [1.82, 2.24) is 5.32 Å². The van der Waals surface area contributed by atoms with Crippen LogP contribution in [0.15, 0.2) is 18.2 Å². The predicted molar refractivity (Wildman–Crippen MR) is 64.4 cm³/mol. The molecule has 2 atom stereocenters. The van der Waals surface area contributed by atoms with Gasteiger partial charge in [0.15, 0.2) is 0 Å². The minimum absolute atomic E-state index is 0.0793. The molecule has 0 radical (unpaired) electrons. The number of carbonyl (C=O) groups is 1. The number of methoxy groups -OCH3 is 1. The van der Waals surface area contributed by atoms with Crippen molar-refractivity contribution in [2.75, 3.05) is 13.7 Å². The lowest BCUT2D eigenvalue weighted by atomic mass is 9.96. The molecule has 1 saturated heterocycles. The highest BCUT2D eigenvalue weighted by Crippen LogP contribution is 2.35. The lowest BCUT2D eigenvalue weighted by Crippen LogP contribution is -2.18. The number of carboxylic acid groups (broad SMARTS) is 1. The molecule has 0 aromatic heterocycles. The highest BCUT2D eigenvalue weighted by Gasteiger charge is 2.32. The third-order valence-electron chi connectivity index (χ3n) is 3.38. The van der Waals surface area contributed by atoms with Crippen LogP contribution in [0.2, 0.25) is 0 Å². The van der Waals surface area contributed by atoms with Gasteiger partial charge in [0.1, 0.15) is 5.75 Å². The van der Waals surface area contributed by atoms with Gasteiger partial charge >= 0.3 is 5.97 Å². The molecule has 1 aliphatic heterocycles. The summed E-state index contributed by atoms with van der Waals surface area (Å²) in [5, 5.41) is 11.9. The Morgan fingerprint density at radius 1 is 1.53 bits per heavy atom. The predicted octanol–water partition coefficient (Wildman–Crippen LogP) is 2.37. The fourth-order valence-electron chi connectivity index (χ4n) is 2.34. The van der Waals surface area contributed by atoms with Gasteiger partial charge in [-0.05, 0) is 30.2 Å². The normalized spacial score (nSPS) is 22.7. The fraction of sp³-hybridized carbons (Fsp3) is 0.462. The number of halogens is 2. The van der Waals surface area contributed by atoms with Crippen LogP contribution in [0.25, 0.3) is 0 Å². The average Bonchev–Trinajstić information content (AvgIpc) is 2.87. The topological polar surface area (TPSA) is 58.6 Å². The molecular weight excluding hydrogens is 256 g/mol. The van der Waals surface area contributed by atoms with Crippen LogP contribution < -0.4 is 10.1 Å². The second-order valence-corrected chi connectivity index (χ2v) is 4.53. The fourth-order valence-corrected chi connectivity index (χ4v) is 2.34. The average molecular weight is 271 g/mol. The van der Waals surface area contributed by atoms with Crippen LogP contribution >= 0.6 is 0 Å². The summed E-state index contributed by atoms with van der Waals surface area (Å²) in [4.78, 5) is 10.9. The van der Waals surface area contributed by atoms with E-state index in [4.69, 9.17) is 9.84 Å². The molecule has 1 aromatic rings. The Labute approximate surface area is 109 Å². The quantitative estimate of drug-likeness (QED) is 0.882. The van der Waals surface area contributed by atoms with Gasteiger partial charge in [-0.15, -0.1) is 0 Å². The number of carboxylic acids is 1. The minimum Gasteiger partial charge on any atom is -0.497 e. The smallest absolute Gasteiger partial charge is 0.307 e. The first kappa shape index (κ1) is 13.7. The molecule has 0 aliphatic carbocycles. The molecule has 1 heterocycles.